The highest BCUT2D eigenvalue weighted by Gasteiger charge is 2.16. The first kappa shape index (κ1) is 18.0. The quantitative estimate of drug-likeness (QED) is 0.922. The van der Waals surface area contributed by atoms with Crippen LogP contribution < -0.4 is 5.73 Å². The average Bonchev–Trinajstić information content (AvgIpc) is 2.45. The largest absolute Gasteiger partial charge is 0.343 e. The van der Waals surface area contributed by atoms with Gasteiger partial charge in [-0.3, -0.25) is 4.79 Å². The summed E-state index contributed by atoms with van der Waals surface area (Å²) in [4.78, 5) is 14.3. The molecule has 0 spiro atoms. The van der Waals surface area contributed by atoms with Crippen molar-refractivity contribution in [3.8, 4) is 0 Å². The summed E-state index contributed by atoms with van der Waals surface area (Å²) in [5.41, 5.74) is 7.28. The molecule has 2 rings (SSSR count). The molecule has 1 aromatic carbocycles. The third kappa shape index (κ3) is 6.06. The molecular formula is C17H27ClN2O. The average molecular weight is 311 g/mol. The van der Waals surface area contributed by atoms with Crippen molar-refractivity contribution in [2.45, 2.75) is 51.0 Å². The van der Waals surface area contributed by atoms with Crippen molar-refractivity contribution < 1.29 is 4.79 Å². The van der Waals surface area contributed by atoms with Gasteiger partial charge in [0.05, 0.1) is 0 Å². The molecule has 0 saturated carbocycles. The Morgan fingerprint density at radius 1 is 1.05 bits per heavy atom. The van der Waals surface area contributed by atoms with Gasteiger partial charge in [-0.25, -0.2) is 0 Å². The Bertz CT molecular complexity index is 403. The molecule has 1 fully saturated rings. The molecular weight excluding hydrogens is 284 g/mol. The smallest absolute Gasteiger partial charge is 0.222 e. The first-order valence-corrected chi connectivity index (χ1v) is 7.85. The second kappa shape index (κ2) is 9.80. The standard InChI is InChI=1S/C17H26N2O.ClH/c18-16(15-9-5-4-6-10-15)11-12-17(20)19-13-7-2-1-3-8-14-19;/h4-6,9-10,16H,1-3,7-8,11-14,18H2;1H. The van der Waals surface area contributed by atoms with Crippen molar-refractivity contribution >= 4 is 18.3 Å². The zero-order chi connectivity index (χ0) is 14.2. The predicted molar refractivity (Wildman–Crippen MR) is 89.5 cm³/mol. The van der Waals surface area contributed by atoms with Crippen molar-refractivity contribution in [1.29, 1.82) is 0 Å². The number of hydrogen-bond donors (Lipinski definition) is 1. The van der Waals surface area contributed by atoms with Crippen LogP contribution in [0, 0.1) is 0 Å². The number of halogens is 1. The summed E-state index contributed by atoms with van der Waals surface area (Å²) < 4.78 is 0. The molecule has 1 unspecified atom stereocenters. The molecule has 118 valence electrons. The van der Waals surface area contributed by atoms with E-state index in [0.717, 1.165) is 37.9 Å². The Morgan fingerprint density at radius 3 is 2.24 bits per heavy atom. The number of benzene rings is 1. The van der Waals surface area contributed by atoms with Gasteiger partial charge in [0.25, 0.3) is 0 Å². The Morgan fingerprint density at radius 2 is 1.62 bits per heavy atom. The van der Waals surface area contributed by atoms with E-state index in [1.165, 1.54) is 19.3 Å². The molecule has 0 aromatic heterocycles. The van der Waals surface area contributed by atoms with Crippen molar-refractivity contribution in [3.05, 3.63) is 35.9 Å². The molecule has 0 bridgehead atoms. The maximum absolute atomic E-state index is 12.3. The summed E-state index contributed by atoms with van der Waals surface area (Å²) in [5, 5.41) is 0. The first-order chi connectivity index (χ1) is 9.77. The van der Waals surface area contributed by atoms with Gasteiger partial charge in [0.15, 0.2) is 0 Å². The molecule has 3 nitrogen and oxygen atoms in total. The fourth-order valence-electron chi connectivity index (χ4n) is 2.80. The molecule has 1 aromatic rings. The fraction of sp³-hybridized carbons (Fsp3) is 0.588. The van der Waals surface area contributed by atoms with Crippen LogP contribution in [0.5, 0.6) is 0 Å². The van der Waals surface area contributed by atoms with Crippen LogP contribution in [-0.4, -0.2) is 23.9 Å². The summed E-state index contributed by atoms with van der Waals surface area (Å²) in [6, 6.07) is 10.0. The lowest BCUT2D eigenvalue weighted by Crippen LogP contribution is -2.34. The monoisotopic (exact) mass is 310 g/mol. The normalized spacial score (nSPS) is 17.3. The Hall–Kier alpha value is -1.06. The van der Waals surface area contributed by atoms with Gasteiger partial charge in [0.2, 0.25) is 5.91 Å². The molecule has 1 aliphatic rings. The van der Waals surface area contributed by atoms with Crippen molar-refractivity contribution in [2.24, 2.45) is 5.73 Å². The molecule has 0 aliphatic carbocycles. The van der Waals surface area contributed by atoms with Crippen LogP contribution in [0.15, 0.2) is 30.3 Å². The summed E-state index contributed by atoms with van der Waals surface area (Å²) in [6.07, 6.45) is 7.43. The minimum atomic E-state index is -0.0325. The number of nitrogens with zero attached hydrogens (tertiary/aromatic N) is 1. The molecule has 1 saturated heterocycles. The maximum Gasteiger partial charge on any atom is 0.222 e. The van der Waals surface area contributed by atoms with Crippen LogP contribution in [0.2, 0.25) is 0 Å². The number of likely N-dealkylation sites (tertiary alicyclic amines) is 1. The van der Waals surface area contributed by atoms with E-state index in [2.05, 4.69) is 0 Å². The van der Waals surface area contributed by atoms with E-state index < -0.39 is 0 Å². The zero-order valence-electron chi connectivity index (χ0n) is 12.7. The third-order valence-electron chi connectivity index (χ3n) is 4.11. The van der Waals surface area contributed by atoms with Crippen molar-refractivity contribution in [1.82, 2.24) is 4.90 Å². The third-order valence-corrected chi connectivity index (χ3v) is 4.11. The van der Waals surface area contributed by atoms with Gasteiger partial charge in [0.1, 0.15) is 0 Å². The van der Waals surface area contributed by atoms with E-state index in [4.69, 9.17) is 5.73 Å². The molecule has 4 heteroatoms. The lowest BCUT2D eigenvalue weighted by atomic mass is 10.0. The second-order valence-electron chi connectivity index (χ2n) is 5.70. The lowest BCUT2D eigenvalue weighted by molar-refractivity contribution is -0.131. The minimum absolute atomic E-state index is 0. The first-order valence-electron chi connectivity index (χ1n) is 7.85. The van der Waals surface area contributed by atoms with E-state index in [-0.39, 0.29) is 24.4 Å². The van der Waals surface area contributed by atoms with Crippen molar-refractivity contribution in [2.75, 3.05) is 13.1 Å². The summed E-state index contributed by atoms with van der Waals surface area (Å²) >= 11 is 0. The molecule has 1 heterocycles. The topological polar surface area (TPSA) is 46.3 Å². The number of carbonyl (C=O) groups is 1. The summed E-state index contributed by atoms with van der Waals surface area (Å²) in [5.74, 6) is 0.276. The van der Waals surface area contributed by atoms with Gasteiger partial charge >= 0.3 is 0 Å². The highest BCUT2D eigenvalue weighted by Crippen LogP contribution is 2.17. The van der Waals surface area contributed by atoms with Gasteiger partial charge in [-0.15, -0.1) is 12.4 Å². The zero-order valence-corrected chi connectivity index (χ0v) is 13.5. The number of rotatable bonds is 4. The van der Waals surface area contributed by atoms with E-state index in [9.17, 15) is 4.79 Å². The number of nitrogens with two attached hydrogens (primary N) is 1. The maximum atomic E-state index is 12.3. The Balaban J connectivity index is 0.00000220. The summed E-state index contributed by atoms with van der Waals surface area (Å²) in [6.45, 7) is 1.86. The Labute approximate surface area is 134 Å². The Kier molecular flexibility index (Phi) is 8.40. The molecule has 1 aliphatic heterocycles. The number of hydrogen-bond acceptors (Lipinski definition) is 2. The second-order valence-corrected chi connectivity index (χ2v) is 5.70. The van der Waals surface area contributed by atoms with E-state index in [1.54, 1.807) is 0 Å². The van der Waals surface area contributed by atoms with E-state index in [0.29, 0.717) is 6.42 Å². The van der Waals surface area contributed by atoms with Gasteiger partial charge in [0, 0.05) is 25.6 Å². The van der Waals surface area contributed by atoms with Crippen LogP contribution >= 0.6 is 12.4 Å². The number of amides is 1. The lowest BCUT2D eigenvalue weighted by Gasteiger charge is -2.25. The van der Waals surface area contributed by atoms with Crippen LogP contribution in [0.4, 0.5) is 0 Å². The van der Waals surface area contributed by atoms with Crippen molar-refractivity contribution in [3.63, 3.8) is 0 Å². The number of carbonyl (C=O) groups excluding carboxylic acids is 1. The van der Waals surface area contributed by atoms with Gasteiger partial charge < -0.3 is 10.6 Å². The SMILES string of the molecule is Cl.NC(CCC(=O)N1CCCCCCC1)c1ccccc1. The van der Waals surface area contributed by atoms with Crippen LogP contribution in [-0.2, 0) is 4.79 Å². The van der Waals surface area contributed by atoms with Crippen LogP contribution in [0.25, 0.3) is 0 Å². The van der Waals surface area contributed by atoms with Crippen LogP contribution in [0.3, 0.4) is 0 Å². The molecule has 1 amide bonds. The minimum Gasteiger partial charge on any atom is -0.343 e. The van der Waals surface area contributed by atoms with E-state index in [1.807, 2.05) is 35.2 Å². The predicted octanol–water partition coefficient (Wildman–Crippen LogP) is 3.68. The summed E-state index contributed by atoms with van der Waals surface area (Å²) in [7, 11) is 0. The highest BCUT2D eigenvalue weighted by molar-refractivity contribution is 5.85. The fourth-order valence-corrected chi connectivity index (χ4v) is 2.80. The molecule has 2 N–H and O–H groups in total. The van der Waals surface area contributed by atoms with Gasteiger partial charge in [-0.2, -0.15) is 0 Å². The molecule has 1 atom stereocenters. The van der Waals surface area contributed by atoms with Gasteiger partial charge in [-0.05, 0) is 24.8 Å². The highest BCUT2D eigenvalue weighted by atomic mass is 35.5. The van der Waals surface area contributed by atoms with Crippen LogP contribution in [0.1, 0.15) is 56.6 Å². The van der Waals surface area contributed by atoms with E-state index >= 15 is 0 Å². The van der Waals surface area contributed by atoms with Gasteiger partial charge in [-0.1, -0.05) is 49.6 Å². The molecule has 21 heavy (non-hydrogen) atoms. The molecule has 0 radical (unpaired) electrons.